The normalized spacial score (nSPS) is 9.86. The number of carbonyl (C=O) groups excluding carboxylic acids is 1. The smallest absolute Gasteiger partial charge is 0.278 e. The molecule has 0 saturated carbocycles. The van der Waals surface area contributed by atoms with Crippen molar-refractivity contribution >= 4 is 17.5 Å². The average molecular weight is 216 g/mol. The molecule has 1 amide bonds. The molecule has 0 unspecified atom stereocenters. The van der Waals surface area contributed by atoms with Crippen molar-refractivity contribution in [3.8, 4) is 5.75 Å². The predicted molar refractivity (Wildman–Crippen MR) is 52.2 cm³/mol. The zero-order valence-electron chi connectivity index (χ0n) is 7.58. The number of hydroxylamine groups is 1. The summed E-state index contributed by atoms with van der Waals surface area (Å²) in [6.07, 6.45) is 0. The summed E-state index contributed by atoms with van der Waals surface area (Å²) in [6.45, 7) is 2.10. The molecule has 5 heteroatoms. The molecule has 0 saturated heterocycles. The molecule has 0 bridgehead atoms. The number of nitrogens with one attached hydrogen (secondary N) is 1. The van der Waals surface area contributed by atoms with E-state index in [4.69, 9.17) is 16.4 Å². The summed E-state index contributed by atoms with van der Waals surface area (Å²) >= 11 is 5.60. The van der Waals surface area contributed by atoms with Gasteiger partial charge in [-0.2, -0.15) is 0 Å². The Labute approximate surface area is 86.4 Å². The number of hydrogen-bond donors (Lipinski definition) is 2. The van der Waals surface area contributed by atoms with Crippen LogP contribution in [0.4, 0.5) is 0 Å². The fraction of sp³-hybridized carbons (Fsp3) is 0.222. The van der Waals surface area contributed by atoms with Crippen molar-refractivity contribution in [2.24, 2.45) is 0 Å². The molecule has 0 aliphatic carbocycles. The highest BCUT2D eigenvalue weighted by atomic mass is 35.5. The molecule has 0 aromatic heterocycles. The number of rotatable bonds is 3. The van der Waals surface area contributed by atoms with Crippen molar-refractivity contribution in [3.63, 3.8) is 0 Å². The minimum atomic E-state index is -0.499. The third-order valence-corrected chi connectivity index (χ3v) is 1.75. The SMILES string of the molecule is CCONC(=O)c1ccc(Cl)cc1O. The van der Waals surface area contributed by atoms with Gasteiger partial charge in [0, 0.05) is 5.02 Å². The van der Waals surface area contributed by atoms with E-state index in [0.717, 1.165) is 0 Å². The first-order valence-electron chi connectivity index (χ1n) is 4.05. The summed E-state index contributed by atoms with van der Waals surface area (Å²) in [5, 5.41) is 9.73. The zero-order valence-corrected chi connectivity index (χ0v) is 8.34. The Balaban J connectivity index is 2.80. The predicted octanol–water partition coefficient (Wildman–Crippen LogP) is 1.73. The van der Waals surface area contributed by atoms with Crippen LogP contribution in [0.5, 0.6) is 5.75 Å². The lowest BCUT2D eigenvalue weighted by Gasteiger charge is -2.05. The quantitative estimate of drug-likeness (QED) is 0.755. The molecule has 1 aromatic carbocycles. The molecule has 2 N–H and O–H groups in total. The average Bonchev–Trinajstić information content (AvgIpc) is 2.14. The third-order valence-electron chi connectivity index (χ3n) is 1.51. The van der Waals surface area contributed by atoms with E-state index in [1.54, 1.807) is 6.92 Å². The molecule has 0 spiro atoms. The van der Waals surface area contributed by atoms with Gasteiger partial charge in [-0.05, 0) is 25.1 Å². The summed E-state index contributed by atoms with van der Waals surface area (Å²) in [7, 11) is 0. The van der Waals surface area contributed by atoms with Gasteiger partial charge in [0.1, 0.15) is 5.75 Å². The second-order valence-electron chi connectivity index (χ2n) is 2.53. The van der Waals surface area contributed by atoms with Crippen molar-refractivity contribution in [2.75, 3.05) is 6.61 Å². The first kappa shape index (κ1) is 10.8. The highest BCUT2D eigenvalue weighted by Crippen LogP contribution is 2.21. The summed E-state index contributed by atoms with van der Waals surface area (Å²) < 4.78 is 0. The highest BCUT2D eigenvalue weighted by molar-refractivity contribution is 6.30. The van der Waals surface area contributed by atoms with Gasteiger partial charge in [-0.1, -0.05) is 11.6 Å². The van der Waals surface area contributed by atoms with E-state index in [1.165, 1.54) is 18.2 Å². The molecule has 1 aromatic rings. The number of halogens is 1. The van der Waals surface area contributed by atoms with Crippen LogP contribution in [0.15, 0.2) is 18.2 Å². The molecule has 1 rings (SSSR count). The maximum Gasteiger partial charge on any atom is 0.278 e. The lowest BCUT2D eigenvalue weighted by Crippen LogP contribution is -2.23. The molecular weight excluding hydrogens is 206 g/mol. The highest BCUT2D eigenvalue weighted by Gasteiger charge is 2.10. The van der Waals surface area contributed by atoms with Gasteiger partial charge in [0.15, 0.2) is 0 Å². The van der Waals surface area contributed by atoms with Crippen LogP contribution in [0.1, 0.15) is 17.3 Å². The van der Waals surface area contributed by atoms with Crippen LogP contribution in [0.25, 0.3) is 0 Å². The standard InChI is InChI=1S/C9H10ClNO3/c1-2-14-11-9(13)7-4-3-6(10)5-8(7)12/h3-5,12H,2H2,1H3,(H,11,13). The van der Waals surface area contributed by atoms with Crippen molar-refractivity contribution in [2.45, 2.75) is 6.92 Å². The van der Waals surface area contributed by atoms with Crippen LogP contribution >= 0.6 is 11.6 Å². The van der Waals surface area contributed by atoms with Crippen LogP contribution in [-0.4, -0.2) is 17.6 Å². The number of benzene rings is 1. The maximum absolute atomic E-state index is 11.3. The topological polar surface area (TPSA) is 58.6 Å². The lowest BCUT2D eigenvalue weighted by atomic mass is 10.2. The molecule has 76 valence electrons. The number of amides is 1. The van der Waals surface area contributed by atoms with Gasteiger partial charge < -0.3 is 5.11 Å². The van der Waals surface area contributed by atoms with Crippen LogP contribution in [0, 0.1) is 0 Å². The Morgan fingerprint density at radius 1 is 1.64 bits per heavy atom. The number of phenols is 1. The summed E-state index contributed by atoms with van der Waals surface area (Å²) in [5.41, 5.74) is 2.29. The number of phenolic OH excluding ortho intramolecular Hbond substituents is 1. The summed E-state index contributed by atoms with van der Waals surface area (Å²) in [4.78, 5) is 16.0. The van der Waals surface area contributed by atoms with E-state index >= 15 is 0 Å². The van der Waals surface area contributed by atoms with Crippen LogP contribution < -0.4 is 5.48 Å². The van der Waals surface area contributed by atoms with E-state index in [2.05, 4.69) is 5.48 Å². The van der Waals surface area contributed by atoms with Gasteiger partial charge in [-0.15, -0.1) is 0 Å². The second kappa shape index (κ2) is 4.83. The van der Waals surface area contributed by atoms with Crippen LogP contribution in [0.3, 0.4) is 0 Å². The van der Waals surface area contributed by atoms with Crippen molar-refractivity contribution in [3.05, 3.63) is 28.8 Å². The van der Waals surface area contributed by atoms with Gasteiger partial charge in [-0.3, -0.25) is 9.63 Å². The number of hydrogen-bond acceptors (Lipinski definition) is 3. The monoisotopic (exact) mass is 215 g/mol. The van der Waals surface area contributed by atoms with Gasteiger partial charge >= 0.3 is 0 Å². The molecule has 0 atom stereocenters. The van der Waals surface area contributed by atoms with E-state index in [1.807, 2.05) is 0 Å². The van der Waals surface area contributed by atoms with Crippen LogP contribution in [-0.2, 0) is 4.84 Å². The Morgan fingerprint density at radius 2 is 2.36 bits per heavy atom. The first-order valence-corrected chi connectivity index (χ1v) is 4.43. The molecule has 14 heavy (non-hydrogen) atoms. The van der Waals surface area contributed by atoms with Gasteiger partial charge in [0.25, 0.3) is 5.91 Å². The Morgan fingerprint density at radius 3 is 2.93 bits per heavy atom. The second-order valence-corrected chi connectivity index (χ2v) is 2.96. The molecule has 0 heterocycles. The van der Waals surface area contributed by atoms with Crippen molar-refractivity contribution in [1.29, 1.82) is 0 Å². The molecule has 0 aliphatic heterocycles. The maximum atomic E-state index is 11.3. The van der Waals surface area contributed by atoms with Crippen molar-refractivity contribution < 1.29 is 14.7 Å². The van der Waals surface area contributed by atoms with E-state index in [9.17, 15) is 9.90 Å². The molecule has 4 nitrogen and oxygen atoms in total. The van der Waals surface area contributed by atoms with Gasteiger partial charge in [0.05, 0.1) is 12.2 Å². The minimum Gasteiger partial charge on any atom is -0.507 e. The molecule has 0 radical (unpaired) electrons. The molecular formula is C9H10ClNO3. The fourth-order valence-electron chi connectivity index (χ4n) is 0.889. The van der Waals surface area contributed by atoms with E-state index < -0.39 is 5.91 Å². The van der Waals surface area contributed by atoms with Crippen LogP contribution in [0.2, 0.25) is 5.02 Å². The fourth-order valence-corrected chi connectivity index (χ4v) is 1.06. The Kier molecular flexibility index (Phi) is 3.73. The molecule has 0 aliphatic rings. The van der Waals surface area contributed by atoms with Gasteiger partial charge in [0.2, 0.25) is 0 Å². The minimum absolute atomic E-state index is 0.128. The van der Waals surface area contributed by atoms with Gasteiger partial charge in [-0.25, -0.2) is 5.48 Å². The van der Waals surface area contributed by atoms with Crippen molar-refractivity contribution in [1.82, 2.24) is 5.48 Å². The first-order chi connectivity index (χ1) is 6.65. The zero-order chi connectivity index (χ0) is 10.6. The number of aromatic hydroxyl groups is 1. The summed E-state index contributed by atoms with van der Waals surface area (Å²) in [6, 6.07) is 4.23. The number of carbonyl (C=O) groups is 1. The largest absolute Gasteiger partial charge is 0.507 e. The summed E-state index contributed by atoms with van der Waals surface area (Å²) in [5.74, 6) is -0.671. The Hall–Kier alpha value is -1.26. The lowest BCUT2D eigenvalue weighted by molar-refractivity contribution is 0.0362. The van der Waals surface area contributed by atoms with E-state index in [-0.39, 0.29) is 11.3 Å². The Bertz CT molecular complexity index is 341. The third kappa shape index (κ3) is 2.61. The molecule has 0 fully saturated rings. The van der Waals surface area contributed by atoms with E-state index in [0.29, 0.717) is 11.6 Å².